The molecule has 3 rings (SSSR count). The molecule has 2 N–H and O–H groups in total. The lowest BCUT2D eigenvalue weighted by atomic mass is 9.97. The van der Waals surface area contributed by atoms with Crippen molar-refractivity contribution >= 4 is 34.0 Å². The van der Waals surface area contributed by atoms with Gasteiger partial charge in [-0.25, -0.2) is 14.2 Å². The van der Waals surface area contributed by atoms with E-state index in [0.29, 0.717) is 22.9 Å². The first-order valence-corrected chi connectivity index (χ1v) is 10.1. The Bertz CT molecular complexity index is 909. The fourth-order valence-corrected chi connectivity index (χ4v) is 4.45. The van der Waals surface area contributed by atoms with Gasteiger partial charge in [0.05, 0.1) is 12.5 Å². The van der Waals surface area contributed by atoms with Crippen molar-refractivity contribution in [1.82, 2.24) is 4.90 Å². The molecule has 1 heterocycles. The molecule has 1 aromatic carbocycles. The van der Waals surface area contributed by atoms with Crippen molar-refractivity contribution in [1.29, 1.82) is 0 Å². The standard InChI is InChI=1S/C20H21BrF3N3O3/c1-30-17(28)16(6-11(9-25)10-26-19(23)24)27-5-4-20(18(27)29)8-14(20)13-3-2-12(21)7-15(13)22/h2-3,7,9-10,14,16,19H,4-6,8,25H2,1H3/b11-9-,26-10+/t14-,16-,20+/m1/s1. The third-order valence-corrected chi connectivity index (χ3v) is 6.24. The Labute approximate surface area is 180 Å². The number of aliphatic imine (C=N–C) groups is 1. The maximum atomic E-state index is 14.4. The molecular formula is C20H21BrF3N3O3. The number of carbonyl (C=O) groups is 2. The molecule has 0 aromatic heterocycles. The molecule has 0 radical (unpaired) electrons. The highest BCUT2D eigenvalue weighted by atomic mass is 79.9. The van der Waals surface area contributed by atoms with E-state index in [0.717, 1.165) is 12.4 Å². The van der Waals surface area contributed by atoms with E-state index in [9.17, 15) is 22.8 Å². The summed E-state index contributed by atoms with van der Waals surface area (Å²) in [7, 11) is 1.18. The average Bonchev–Trinajstić information content (AvgIpc) is 3.34. The summed E-state index contributed by atoms with van der Waals surface area (Å²) in [6.07, 6.45) is 2.79. The molecular weight excluding hydrogens is 467 g/mol. The number of ether oxygens (including phenoxy) is 1. The average molecular weight is 488 g/mol. The number of methoxy groups -OCH3 is 1. The molecule has 162 valence electrons. The maximum absolute atomic E-state index is 14.4. The van der Waals surface area contributed by atoms with Crippen molar-refractivity contribution in [2.24, 2.45) is 16.1 Å². The number of hydrogen-bond donors (Lipinski definition) is 1. The highest BCUT2D eigenvalue weighted by Crippen LogP contribution is 2.65. The molecule has 0 unspecified atom stereocenters. The predicted octanol–water partition coefficient (Wildman–Crippen LogP) is 3.36. The summed E-state index contributed by atoms with van der Waals surface area (Å²) in [5.74, 6) is -1.62. The summed E-state index contributed by atoms with van der Waals surface area (Å²) in [6.45, 7) is -2.64. The van der Waals surface area contributed by atoms with Crippen molar-refractivity contribution in [3.05, 3.63) is 45.8 Å². The number of likely N-dealkylation sites (tertiary alicyclic amines) is 1. The molecule has 1 aliphatic carbocycles. The van der Waals surface area contributed by atoms with Gasteiger partial charge in [0.2, 0.25) is 5.91 Å². The molecule has 1 saturated carbocycles. The molecule has 1 spiro atoms. The number of carbonyl (C=O) groups excluding carboxylic acids is 2. The van der Waals surface area contributed by atoms with Crippen LogP contribution in [0.3, 0.4) is 0 Å². The number of hydrogen-bond acceptors (Lipinski definition) is 5. The SMILES string of the molecule is COC(=O)[C@@H](CC(=C/N)/C=N/C(F)F)N1CC[C@@]2(C[C@@H]2c2ccc(Br)cc2F)C1=O. The van der Waals surface area contributed by atoms with Gasteiger partial charge in [-0.05, 0) is 42.3 Å². The number of nitrogens with two attached hydrogens (primary N) is 1. The lowest BCUT2D eigenvalue weighted by Crippen LogP contribution is -2.44. The summed E-state index contributed by atoms with van der Waals surface area (Å²) < 4.78 is 44.6. The number of amides is 1. The van der Waals surface area contributed by atoms with Crippen LogP contribution in [0.1, 0.15) is 30.7 Å². The van der Waals surface area contributed by atoms with Crippen LogP contribution in [0.25, 0.3) is 0 Å². The summed E-state index contributed by atoms with van der Waals surface area (Å²) in [5, 5.41) is 0. The molecule has 3 atom stereocenters. The van der Waals surface area contributed by atoms with Crippen LogP contribution in [0.2, 0.25) is 0 Å². The highest BCUT2D eigenvalue weighted by molar-refractivity contribution is 9.10. The van der Waals surface area contributed by atoms with Crippen LogP contribution in [-0.4, -0.2) is 49.2 Å². The van der Waals surface area contributed by atoms with Gasteiger partial charge in [0, 0.05) is 29.6 Å². The van der Waals surface area contributed by atoms with Crippen LogP contribution in [0.5, 0.6) is 0 Å². The van der Waals surface area contributed by atoms with E-state index in [1.165, 1.54) is 18.1 Å². The van der Waals surface area contributed by atoms with Crippen molar-refractivity contribution in [3.63, 3.8) is 0 Å². The lowest BCUT2D eigenvalue weighted by molar-refractivity contribution is -0.152. The minimum Gasteiger partial charge on any atom is -0.467 e. The molecule has 1 amide bonds. The molecule has 1 aliphatic heterocycles. The smallest absolute Gasteiger partial charge is 0.331 e. The van der Waals surface area contributed by atoms with Gasteiger partial charge in [0.1, 0.15) is 11.9 Å². The van der Waals surface area contributed by atoms with Crippen molar-refractivity contribution in [3.8, 4) is 0 Å². The Hall–Kier alpha value is -2.36. The van der Waals surface area contributed by atoms with Gasteiger partial charge < -0.3 is 15.4 Å². The predicted molar refractivity (Wildman–Crippen MR) is 107 cm³/mol. The van der Waals surface area contributed by atoms with Crippen LogP contribution < -0.4 is 5.73 Å². The molecule has 6 nitrogen and oxygen atoms in total. The third-order valence-electron chi connectivity index (χ3n) is 5.74. The van der Waals surface area contributed by atoms with Gasteiger partial charge in [-0.15, -0.1) is 0 Å². The fourth-order valence-electron chi connectivity index (χ4n) is 4.12. The number of benzene rings is 1. The van der Waals surface area contributed by atoms with Gasteiger partial charge in [-0.1, -0.05) is 22.0 Å². The molecule has 2 fully saturated rings. The molecule has 30 heavy (non-hydrogen) atoms. The van der Waals surface area contributed by atoms with Crippen LogP contribution >= 0.6 is 15.9 Å². The number of esters is 1. The first-order chi connectivity index (χ1) is 14.2. The van der Waals surface area contributed by atoms with Crippen LogP contribution in [-0.2, 0) is 14.3 Å². The molecule has 1 aromatic rings. The van der Waals surface area contributed by atoms with Gasteiger partial charge in [0.25, 0.3) is 0 Å². The Morgan fingerprint density at radius 3 is 2.83 bits per heavy atom. The van der Waals surface area contributed by atoms with Gasteiger partial charge in [-0.3, -0.25) is 4.79 Å². The molecule has 0 bridgehead atoms. The normalized spacial score (nSPS) is 24.9. The quantitative estimate of drug-likeness (QED) is 0.363. The van der Waals surface area contributed by atoms with E-state index < -0.39 is 29.8 Å². The van der Waals surface area contributed by atoms with E-state index in [2.05, 4.69) is 20.9 Å². The highest BCUT2D eigenvalue weighted by Gasteiger charge is 2.65. The Kier molecular flexibility index (Phi) is 6.54. The van der Waals surface area contributed by atoms with Gasteiger partial charge in [-0.2, -0.15) is 8.78 Å². The summed E-state index contributed by atoms with van der Waals surface area (Å²) >= 11 is 3.22. The summed E-state index contributed by atoms with van der Waals surface area (Å²) in [6, 6.07) is 3.70. The van der Waals surface area contributed by atoms with E-state index in [4.69, 9.17) is 10.5 Å². The number of alkyl halides is 2. The van der Waals surface area contributed by atoms with Crippen LogP contribution in [0, 0.1) is 11.2 Å². The molecule has 2 aliphatic rings. The second-order valence-electron chi connectivity index (χ2n) is 7.37. The Balaban J connectivity index is 1.80. The Morgan fingerprint density at radius 2 is 2.23 bits per heavy atom. The van der Waals surface area contributed by atoms with Crippen molar-refractivity contribution in [2.45, 2.75) is 37.8 Å². The lowest BCUT2D eigenvalue weighted by Gasteiger charge is -2.26. The van der Waals surface area contributed by atoms with Gasteiger partial charge >= 0.3 is 12.5 Å². The van der Waals surface area contributed by atoms with Crippen molar-refractivity contribution in [2.75, 3.05) is 13.7 Å². The zero-order chi connectivity index (χ0) is 22.1. The molecule has 10 heteroatoms. The molecule has 1 saturated heterocycles. The number of nitrogens with zero attached hydrogens (tertiary/aromatic N) is 2. The van der Waals surface area contributed by atoms with Crippen LogP contribution in [0.15, 0.2) is 39.4 Å². The number of halogens is 4. The second-order valence-corrected chi connectivity index (χ2v) is 8.28. The van der Waals surface area contributed by atoms with E-state index >= 15 is 0 Å². The topological polar surface area (TPSA) is 85.0 Å². The monoisotopic (exact) mass is 487 g/mol. The Morgan fingerprint density at radius 1 is 1.50 bits per heavy atom. The summed E-state index contributed by atoms with van der Waals surface area (Å²) in [4.78, 5) is 30.0. The van der Waals surface area contributed by atoms with Gasteiger partial charge in [0.15, 0.2) is 0 Å². The minimum absolute atomic E-state index is 0.113. The van der Waals surface area contributed by atoms with E-state index in [1.54, 1.807) is 12.1 Å². The van der Waals surface area contributed by atoms with E-state index in [1.807, 2.05) is 0 Å². The first-order valence-electron chi connectivity index (χ1n) is 9.29. The zero-order valence-electron chi connectivity index (χ0n) is 16.2. The van der Waals surface area contributed by atoms with E-state index in [-0.39, 0.29) is 30.4 Å². The zero-order valence-corrected chi connectivity index (χ0v) is 17.7. The summed E-state index contributed by atoms with van der Waals surface area (Å²) in [5.41, 5.74) is 5.36. The minimum atomic E-state index is -2.92. The first kappa shape index (κ1) is 22.3. The third kappa shape index (κ3) is 4.23. The largest absolute Gasteiger partial charge is 0.467 e. The maximum Gasteiger partial charge on any atom is 0.331 e. The van der Waals surface area contributed by atoms with Crippen molar-refractivity contribution < 1.29 is 27.5 Å². The van der Waals surface area contributed by atoms with Crippen LogP contribution in [0.4, 0.5) is 13.2 Å². The number of rotatable bonds is 7. The second kappa shape index (κ2) is 8.79. The fraction of sp³-hybridized carbons (Fsp3) is 0.450.